The first-order valence-electron chi connectivity index (χ1n) is 9.05. The van der Waals surface area contributed by atoms with Gasteiger partial charge < -0.3 is 10.1 Å². The summed E-state index contributed by atoms with van der Waals surface area (Å²) in [4.78, 5) is 29.2. The third-order valence-electron chi connectivity index (χ3n) is 4.36. The van der Waals surface area contributed by atoms with Crippen molar-refractivity contribution in [2.75, 3.05) is 5.32 Å². The van der Waals surface area contributed by atoms with Crippen molar-refractivity contribution in [2.45, 2.75) is 33.8 Å². The zero-order chi connectivity index (χ0) is 21.1. The molecule has 0 aliphatic carbocycles. The minimum absolute atomic E-state index is 0.160. The molecule has 0 saturated carbocycles. The number of hydrogen-bond donors (Lipinski definition) is 1. The molecule has 1 N–H and O–H groups in total. The summed E-state index contributed by atoms with van der Waals surface area (Å²) in [6, 6.07) is 11.2. The second kappa shape index (κ2) is 8.76. The first-order chi connectivity index (χ1) is 13.7. The van der Waals surface area contributed by atoms with Gasteiger partial charge in [0, 0.05) is 21.7 Å². The van der Waals surface area contributed by atoms with Gasteiger partial charge in [-0.1, -0.05) is 41.4 Å². The van der Waals surface area contributed by atoms with Gasteiger partial charge in [-0.25, -0.2) is 9.78 Å². The number of thiazole rings is 1. The van der Waals surface area contributed by atoms with Gasteiger partial charge >= 0.3 is 5.97 Å². The van der Waals surface area contributed by atoms with Crippen LogP contribution in [0.3, 0.4) is 0 Å². The number of carbonyl (C=O) groups excluding carboxylic acids is 2. The van der Waals surface area contributed by atoms with E-state index in [9.17, 15) is 9.59 Å². The SMILES string of the molecule is Cc1cc(C)c(NC(=O)C(C)OC(=O)c2csc(-c3cccc(Cl)c3)n2)c(C)c1. The van der Waals surface area contributed by atoms with Crippen LogP contribution in [0.1, 0.15) is 34.1 Å². The van der Waals surface area contributed by atoms with Crippen molar-refractivity contribution >= 4 is 40.5 Å². The van der Waals surface area contributed by atoms with Crippen molar-refractivity contribution in [3.05, 3.63) is 69.2 Å². The molecule has 0 spiro atoms. The van der Waals surface area contributed by atoms with Crippen molar-refractivity contribution < 1.29 is 14.3 Å². The van der Waals surface area contributed by atoms with Crippen LogP contribution in [0.15, 0.2) is 41.8 Å². The van der Waals surface area contributed by atoms with E-state index >= 15 is 0 Å². The molecule has 29 heavy (non-hydrogen) atoms. The van der Waals surface area contributed by atoms with E-state index in [4.69, 9.17) is 16.3 Å². The fourth-order valence-electron chi connectivity index (χ4n) is 3.00. The number of esters is 1. The molecule has 0 bridgehead atoms. The van der Waals surface area contributed by atoms with E-state index in [2.05, 4.69) is 10.3 Å². The van der Waals surface area contributed by atoms with Crippen LogP contribution in [0.5, 0.6) is 0 Å². The molecule has 150 valence electrons. The van der Waals surface area contributed by atoms with E-state index in [0.29, 0.717) is 10.0 Å². The molecular weight excluding hydrogens is 408 g/mol. The fraction of sp³-hybridized carbons (Fsp3) is 0.227. The number of carbonyl (C=O) groups is 2. The third-order valence-corrected chi connectivity index (χ3v) is 5.49. The molecule has 0 aliphatic rings. The summed E-state index contributed by atoms with van der Waals surface area (Å²) < 4.78 is 5.31. The topological polar surface area (TPSA) is 68.3 Å². The zero-order valence-corrected chi connectivity index (χ0v) is 18.1. The van der Waals surface area contributed by atoms with Crippen LogP contribution in [0.2, 0.25) is 5.02 Å². The quantitative estimate of drug-likeness (QED) is 0.539. The van der Waals surface area contributed by atoms with Crippen molar-refractivity contribution in [1.82, 2.24) is 4.98 Å². The lowest BCUT2D eigenvalue weighted by molar-refractivity contribution is -0.123. The molecular formula is C22H21ClN2O3S. The molecule has 1 aromatic heterocycles. The molecule has 0 saturated heterocycles. The number of rotatable bonds is 5. The number of aryl methyl sites for hydroxylation is 3. The highest BCUT2D eigenvalue weighted by Gasteiger charge is 2.22. The highest BCUT2D eigenvalue weighted by Crippen LogP contribution is 2.26. The number of amides is 1. The van der Waals surface area contributed by atoms with Crippen molar-refractivity contribution in [2.24, 2.45) is 0 Å². The average Bonchev–Trinajstić information content (AvgIpc) is 3.14. The molecule has 0 aliphatic heterocycles. The minimum Gasteiger partial charge on any atom is -0.448 e. The molecule has 1 heterocycles. The molecule has 0 radical (unpaired) electrons. The number of nitrogens with one attached hydrogen (secondary N) is 1. The Bertz CT molecular complexity index is 1050. The second-order valence-electron chi connectivity index (χ2n) is 6.86. The van der Waals surface area contributed by atoms with Gasteiger partial charge in [-0.3, -0.25) is 4.79 Å². The Balaban J connectivity index is 1.67. The van der Waals surface area contributed by atoms with Crippen LogP contribution < -0.4 is 5.32 Å². The summed E-state index contributed by atoms with van der Waals surface area (Å²) in [5.74, 6) is -1.03. The van der Waals surface area contributed by atoms with Crippen LogP contribution in [-0.2, 0) is 9.53 Å². The number of aromatic nitrogens is 1. The first-order valence-corrected chi connectivity index (χ1v) is 10.3. The zero-order valence-electron chi connectivity index (χ0n) is 16.6. The number of halogens is 1. The highest BCUT2D eigenvalue weighted by molar-refractivity contribution is 7.13. The lowest BCUT2D eigenvalue weighted by Crippen LogP contribution is -2.30. The Morgan fingerprint density at radius 3 is 2.48 bits per heavy atom. The number of anilines is 1. The molecule has 1 amide bonds. The number of nitrogens with zero attached hydrogens (tertiary/aromatic N) is 1. The number of ether oxygens (including phenoxy) is 1. The monoisotopic (exact) mass is 428 g/mol. The molecule has 2 aromatic carbocycles. The van der Waals surface area contributed by atoms with Crippen LogP contribution >= 0.6 is 22.9 Å². The first kappa shape index (κ1) is 21.0. The lowest BCUT2D eigenvalue weighted by Gasteiger charge is -2.16. The molecule has 1 atom stereocenters. The van der Waals surface area contributed by atoms with E-state index in [1.54, 1.807) is 17.5 Å². The smallest absolute Gasteiger partial charge is 0.358 e. The van der Waals surface area contributed by atoms with Crippen LogP contribution in [-0.4, -0.2) is 23.0 Å². The van der Waals surface area contributed by atoms with Gasteiger partial charge in [0.05, 0.1) is 0 Å². The molecule has 0 fully saturated rings. The maximum Gasteiger partial charge on any atom is 0.358 e. The fourth-order valence-corrected chi connectivity index (χ4v) is 3.97. The van der Waals surface area contributed by atoms with E-state index < -0.39 is 18.0 Å². The molecule has 1 unspecified atom stereocenters. The Kier molecular flexibility index (Phi) is 6.35. The van der Waals surface area contributed by atoms with Crippen molar-refractivity contribution in [3.8, 4) is 10.6 Å². The Labute approximate surface area is 178 Å². The summed E-state index contributed by atoms with van der Waals surface area (Å²) in [6.45, 7) is 7.40. The summed E-state index contributed by atoms with van der Waals surface area (Å²) in [5.41, 5.74) is 4.75. The number of hydrogen-bond acceptors (Lipinski definition) is 5. The minimum atomic E-state index is -0.959. The van der Waals surface area contributed by atoms with E-state index in [1.807, 2.05) is 45.0 Å². The van der Waals surface area contributed by atoms with Crippen LogP contribution in [0.4, 0.5) is 5.69 Å². The molecule has 3 aromatic rings. The predicted octanol–water partition coefficient (Wildman–Crippen LogP) is 5.57. The van der Waals surface area contributed by atoms with Crippen LogP contribution in [0.25, 0.3) is 10.6 Å². The summed E-state index contributed by atoms with van der Waals surface area (Å²) in [5, 5.41) is 5.71. The normalized spacial score (nSPS) is 11.8. The summed E-state index contributed by atoms with van der Waals surface area (Å²) >= 11 is 7.32. The van der Waals surface area contributed by atoms with Gasteiger partial charge in [0.1, 0.15) is 5.01 Å². The molecule has 7 heteroatoms. The number of benzene rings is 2. The maximum atomic E-state index is 12.5. The average molecular weight is 429 g/mol. The Hall–Kier alpha value is -2.70. The van der Waals surface area contributed by atoms with E-state index in [1.165, 1.54) is 18.3 Å². The highest BCUT2D eigenvalue weighted by atomic mass is 35.5. The maximum absolute atomic E-state index is 12.5. The van der Waals surface area contributed by atoms with Crippen LogP contribution in [0, 0.1) is 20.8 Å². The van der Waals surface area contributed by atoms with Crippen molar-refractivity contribution in [1.29, 1.82) is 0 Å². The summed E-state index contributed by atoms with van der Waals surface area (Å²) in [6.07, 6.45) is -0.959. The summed E-state index contributed by atoms with van der Waals surface area (Å²) in [7, 11) is 0. The Morgan fingerprint density at radius 2 is 1.83 bits per heavy atom. The largest absolute Gasteiger partial charge is 0.448 e. The van der Waals surface area contributed by atoms with Gasteiger partial charge in [0.2, 0.25) is 0 Å². The second-order valence-corrected chi connectivity index (χ2v) is 8.15. The van der Waals surface area contributed by atoms with E-state index in [-0.39, 0.29) is 5.69 Å². The lowest BCUT2D eigenvalue weighted by atomic mass is 10.0. The van der Waals surface area contributed by atoms with Gasteiger partial charge in [0.15, 0.2) is 11.8 Å². The standard InChI is InChI=1S/C22H21ClN2O3S/c1-12-8-13(2)19(14(3)9-12)25-20(26)15(4)28-22(27)18-11-29-21(24-18)16-6-5-7-17(23)10-16/h5-11,15H,1-4H3,(H,25,26). The third kappa shape index (κ3) is 5.02. The van der Waals surface area contributed by atoms with Crippen molar-refractivity contribution in [3.63, 3.8) is 0 Å². The Morgan fingerprint density at radius 1 is 1.14 bits per heavy atom. The predicted molar refractivity (Wildman–Crippen MR) is 117 cm³/mol. The molecule has 3 rings (SSSR count). The van der Waals surface area contributed by atoms with Gasteiger partial charge in [-0.05, 0) is 51.0 Å². The molecule has 5 nitrogen and oxygen atoms in total. The van der Waals surface area contributed by atoms with Gasteiger partial charge in [-0.15, -0.1) is 11.3 Å². The van der Waals surface area contributed by atoms with Gasteiger partial charge in [0.25, 0.3) is 5.91 Å². The van der Waals surface area contributed by atoms with E-state index in [0.717, 1.165) is 27.9 Å². The van der Waals surface area contributed by atoms with Gasteiger partial charge in [-0.2, -0.15) is 0 Å².